The molecular formula is C27H19NO2S2. The van der Waals surface area contributed by atoms with Gasteiger partial charge in [-0.3, -0.25) is 14.6 Å². The fraction of sp³-hybridized carbons (Fsp3) is 0.0741. The van der Waals surface area contributed by atoms with Gasteiger partial charge < -0.3 is 0 Å². The Kier molecular flexibility index (Phi) is 5.68. The van der Waals surface area contributed by atoms with E-state index >= 15 is 0 Å². The summed E-state index contributed by atoms with van der Waals surface area (Å²) in [6, 6.07) is 25.5. The van der Waals surface area contributed by atoms with E-state index in [1.807, 2.05) is 78.9 Å². The van der Waals surface area contributed by atoms with Gasteiger partial charge >= 0.3 is 0 Å². The lowest BCUT2D eigenvalue weighted by Crippen LogP contribution is -2.26. The van der Waals surface area contributed by atoms with Crippen molar-refractivity contribution in [2.24, 2.45) is 4.99 Å². The van der Waals surface area contributed by atoms with Crippen molar-refractivity contribution in [1.82, 2.24) is 0 Å². The van der Waals surface area contributed by atoms with E-state index in [0.29, 0.717) is 28.7 Å². The van der Waals surface area contributed by atoms with E-state index in [0.717, 1.165) is 25.3 Å². The molecular weight excluding hydrogens is 434 g/mol. The molecule has 32 heavy (non-hydrogen) atoms. The Morgan fingerprint density at radius 2 is 1.38 bits per heavy atom. The Morgan fingerprint density at radius 1 is 0.719 bits per heavy atom. The molecule has 0 heterocycles. The fourth-order valence-electron chi connectivity index (χ4n) is 3.85. The van der Waals surface area contributed by atoms with E-state index in [4.69, 9.17) is 0 Å². The standard InChI is InChI=1S/C27H19NO2S2/c1-28-24-15-22-23(16-25(24)32-18-10-6-3-7-11-18)26(29)20-13-12-19(14-21(20)27(22)30)31-17-8-4-2-5-9-17/h2-14,16H,15H2,1H3. The first-order chi connectivity index (χ1) is 15.6. The highest BCUT2D eigenvalue weighted by molar-refractivity contribution is 8.04. The van der Waals surface area contributed by atoms with Gasteiger partial charge in [-0.25, -0.2) is 0 Å². The highest BCUT2D eigenvalue weighted by Gasteiger charge is 2.35. The summed E-state index contributed by atoms with van der Waals surface area (Å²) in [7, 11) is 1.73. The lowest BCUT2D eigenvalue weighted by molar-refractivity contribution is 0.0976. The third-order valence-electron chi connectivity index (χ3n) is 5.45. The van der Waals surface area contributed by atoms with Crippen LogP contribution in [0.3, 0.4) is 0 Å². The number of nitrogens with zero attached hydrogens (tertiary/aromatic N) is 1. The van der Waals surface area contributed by atoms with Crippen LogP contribution in [0, 0.1) is 0 Å². The van der Waals surface area contributed by atoms with Crippen LogP contribution in [0.5, 0.6) is 0 Å². The lowest BCUT2D eigenvalue weighted by Gasteiger charge is -2.25. The molecule has 0 atom stereocenters. The van der Waals surface area contributed by atoms with E-state index in [-0.39, 0.29) is 11.6 Å². The maximum Gasteiger partial charge on any atom is 0.194 e. The molecule has 0 saturated heterocycles. The summed E-state index contributed by atoms with van der Waals surface area (Å²) in [6.07, 6.45) is 2.21. The fourth-order valence-corrected chi connectivity index (χ4v) is 5.74. The molecule has 0 N–H and O–H groups in total. The van der Waals surface area contributed by atoms with Crippen LogP contribution in [0.4, 0.5) is 0 Å². The number of Topliss-reactive ketones (excluding diaryl/α,β-unsaturated/α-hetero) is 2. The van der Waals surface area contributed by atoms with Gasteiger partial charge in [0.25, 0.3) is 0 Å². The van der Waals surface area contributed by atoms with E-state index in [1.165, 1.54) is 0 Å². The Morgan fingerprint density at radius 3 is 2.03 bits per heavy atom. The predicted octanol–water partition coefficient (Wildman–Crippen LogP) is 6.66. The van der Waals surface area contributed by atoms with Gasteiger partial charge in [0.2, 0.25) is 0 Å². The zero-order chi connectivity index (χ0) is 22.1. The van der Waals surface area contributed by atoms with Gasteiger partial charge in [0.05, 0.1) is 5.71 Å². The number of carbonyl (C=O) groups is 2. The van der Waals surface area contributed by atoms with Crippen molar-refractivity contribution in [3.63, 3.8) is 0 Å². The third-order valence-corrected chi connectivity index (χ3v) is 7.53. The number of hydrogen-bond acceptors (Lipinski definition) is 5. The summed E-state index contributed by atoms with van der Waals surface area (Å²) in [4.78, 5) is 35.2. The number of rotatable bonds is 4. The van der Waals surface area contributed by atoms with Gasteiger partial charge in [0.1, 0.15) is 0 Å². The van der Waals surface area contributed by atoms with Gasteiger partial charge in [0, 0.05) is 55.3 Å². The second-order valence-electron chi connectivity index (χ2n) is 7.44. The molecule has 0 saturated carbocycles. The minimum Gasteiger partial charge on any atom is -0.292 e. The Balaban J connectivity index is 1.51. The molecule has 156 valence electrons. The SMILES string of the molecule is CN=C1CC2=C(C=C1Sc1ccccc1)C(=O)c1ccc(Sc3ccccc3)cc1C2=O. The highest BCUT2D eigenvalue weighted by atomic mass is 32.2. The van der Waals surface area contributed by atoms with Gasteiger partial charge in [-0.05, 0) is 48.5 Å². The summed E-state index contributed by atoms with van der Waals surface area (Å²) in [5.41, 5.74) is 2.83. The van der Waals surface area contributed by atoms with Gasteiger partial charge in [0.15, 0.2) is 11.6 Å². The first kappa shape index (κ1) is 20.7. The minimum absolute atomic E-state index is 0.0775. The number of fused-ring (bicyclic) bond motifs is 1. The van der Waals surface area contributed by atoms with Crippen LogP contribution in [0.1, 0.15) is 27.1 Å². The Bertz CT molecular complexity index is 1320. The summed E-state index contributed by atoms with van der Waals surface area (Å²) in [6.45, 7) is 0. The summed E-state index contributed by atoms with van der Waals surface area (Å²) in [5, 5.41) is 0. The number of hydrogen-bond donors (Lipinski definition) is 0. The normalized spacial score (nSPS) is 16.7. The number of carbonyl (C=O) groups excluding carboxylic acids is 2. The van der Waals surface area contributed by atoms with Crippen molar-refractivity contribution in [2.75, 3.05) is 7.05 Å². The van der Waals surface area contributed by atoms with Crippen molar-refractivity contribution in [1.29, 1.82) is 0 Å². The van der Waals surface area contributed by atoms with Crippen molar-refractivity contribution in [3.05, 3.63) is 112 Å². The predicted molar refractivity (Wildman–Crippen MR) is 131 cm³/mol. The number of benzene rings is 3. The zero-order valence-corrected chi connectivity index (χ0v) is 19.0. The van der Waals surface area contributed by atoms with Crippen molar-refractivity contribution >= 4 is 40.8 Å². The quantitative estimate of drug-likeness (QED) is 0.443. The third kappa shape index (κ3) is 3.90. The van der Waals surface area contributed by atoms with E-state index in [1.54, 1.807) is 36.6 Å². The molecule has 0 unspecified atom stereocenters. The first-order valence-electron chi connectivity index (χ1n) is 10.2. The molecule has 5 rings (SSSR count). The zero-order valence-electron chi connectivity index (χ0n) is 17.4. The van der Waals surface area contributed by atoms with E-state index in [2.05, 4.69) is 4.99 Å². The molecule has 0 spiro atoms. The molecule has 5 heteroatoms. The van der Waals surface area contributed by atoms with Crippen LogP contribution >= 0.6 is 23.5 Å². The largest absolute Gasteiger partial charge is 0.292 e. The summed E-state index contributed by atoms with van der Waals surface area (Å²) < 4.78 is 0. The van der Waals surface area contributed by atoms with Crippen molar-refractivity contribution in [3.8, 4) is 0 Å². The lowest BCUT2D eigenvalue weighted by atomic mass is 9.79. The van der Waals surface area contributed by atoms with Crippen LogP contribution in [-0.2, 0) is 0 Å². The average Bonchev–Trinajstić information content (AvgIpc) is 2.83. The molecule has 0 fully saturated rings. The molecule has 0 aromatic heterocycles. The van der Waals surface area contributed by atoms with E-state index < -0.39 is 0 Å². The Labute approximate surface area is 195 Å². The summed E-state index contributed by atoms with van der Waals surface area (Å²) >= 11 is 3.15. The van der Waals surface area contributed by atoms with Gasteiger partial charge in [-0.2, -0.15) is 0 Å². The number of thioether (sulfide) groups is 1. The number of ketones is 2. The number of allylic oxidation sites excluding steroid dienone is 4. The monoisotopic (exact) mass is 453 g/mol. The van der Waals surface area contributed by atoms with Crippen LogP contribution in [0.15, 0.2) is 121 Å². The van der Waals surface area contributed by atoms with E-state index in [9.17, 15) is 9.59 Å². The topological polar surface area (TPSA) is 46.5 Å². The minimum atomic E-state index is -0.0906. The Hall–Kier alpha value is -3.15. The maximum absolute atomic E-state index is 13.4. The molecule has 3 aromatic carbocycles. The molecule has 0 bridgehead atoms. The molecule has 0 amide bonds. The van der Waals surface area contributed by atoms with Crippen LogP contribution in [0.25, 0.3) is 0 Å². The number of aliphatic imine (C=N–C) groups is 1. The second kappa shape index (κ2) is 8.77. The molecule has 0 aliphatic heterocycles. The van der Waals surface area contributed by atoms with Crippen LogP contribution in [0.2, 0.25) is 0 Å². The smallest absolute Gasteiger partial charge is 0.194 e. The summed E-state index contributed by atoms with van der Waals surface area (Å²) in [5.74, 6) is -0.168. The van der Waals surface area contributed by atoms with Crippen LogP contribution in [-0.4, -0.2) is 24.3 Å². The highest BCUT2D eigenvalue weighted by Crippen LogP contribution is 2.40. The van der Waals surface area contributed by atoms with Crippen LogP contribution < -0.4 is 0 Å². The van der Waals surface area contributed by atoms with Gasteiger partial charge in [-0.15, -0.1) is 0 Å². The molecule has 3 nitrogen and oxygen atoms in total. The molecule has 2 aliphatic carbocycles. The first-order valence-corrected chi connectivity index (χ1v) is 11.9. The van der Waals surface area contributed by atoms with Gasteiger partial charge in [-0.1, -0.05) is 59.9 Å². The average molecular weight is 454 g/mol. The molecule has 3 aromatic rings. The second-order valence-corrected chi connectivity index (χ2v) is 9.71. The van der Waals surface area contributed by atoms with Crippen molar-refractivity contribution < 1.29 is 9.59 Å². The molecule has 2 aliphatic rings. The maximum atomic E-state index is 13.4. The molecule has 0 radical (unpaired) electrons. The van der Waals surface area contributed by atoms with Crippen molar-refractivity contribution in [2.45, 2.75) is 21.1 Å².